The van der Waals surface area contributed by atoms with Crippen LogP contribution in [0.25, 0.3) is 0 Å². The molecule has 2 amide bonds. The van der Waals surface area contributed by atoms with E-state index in [2.05, 4.69) is 10.6 Å². The topological polar surface area (TPSA) is 76.7 Å². The molecule has 28 heavy (non-hydrogen) atoms. The molecule has 0 saturated carbocycles. The van der Waals surface area contributed by atoms with Crippen molar-refractivity contribution in [2.24, 2.45) is 0 Å². The molecule has 2 aromatic rings. The minimum Gasteiger partial charge on any atom is -0.378 e. The fourth-order valence-corrected chi connectivity index (χ4v) is 3.02. The normalized spacial score (nSPS) is 16.0. The van der Waals surface area contributed by atoms with E-state index < -0.39 is 0 Å². The number of rotatable bonds is 8. The van der Waals surface area contributed by atoms with Gasteiger partial charge in [0.05, 0.1) is 37.0 Å². The van der Waals surface area contributed by atoms with Gasteiger partial charge in [-0.3, -0.25) is 9.59 Å². The predicted molar refractivity (Wildman–Crippen MR) is 109 cm³/mol. The van der Waals surface area contributed by atoms with Crippen LogP contribution < -0.4 is 10.6 Å². The third-order valence-electron chi connectivity index (χ3n) is 4.35. The Bertz CT molecular complexity index is 804. The van der Waals surface area contributed by atoms with Crippen LogP contribution in [-0.2, 0) is 14.3 Å². The van der Waals surface area contributed by atoms with Gasteiger partial charge in [0.1, 0.15) is 0 Å². The highest BCUT2D eigenvalue weighted by Crippen LogP contribution is 2.19. The number of hydrogen-bond donors (Lipinski definition) is 2. The number of hydrogen-bond acceptors (Lipinski definition) is 4. The van der Waals surface area contributed by atoms with Gasteiger partial charge in [-0.05, 0) is 49.2 Å². The molecule has 148 valence electrons. The number of carbonyl (C=O) groups excluding carboxylic acids is 2. The van der Waals surface area contributed by atoms with E-state index in [1.54, 1.807) is 48.5 Å². The average Bonchev–Trinajstić information content (AvgIpc) is 3.21. The first-order valence-corrected chi connectivity index (χ1v) is 9.65. The van der Waals surface area contributed by atoms with Crippen LogP contribution in [0.2, 0.25) is 5.02 Å². The van der Waals surface area contributed by atoms with Crippen LogP contribution in [0.3, 0.4) is 0 Å². The summed E-state index contributed by atoms with van der Waals surface area (Å²) in [5, 5.41) is 6.17. The van der Waals surface area contributed by atoms with Gasteiger partial charge in [0.15, 0.2) is 0 Å². The van der Waals surface area contributed by atoms with Gasteiger partial charge in [0, 0.05) is 17.3 Å². The molecule has 1 aliphatic rings. The molecule has 1 heterocycles. The smallest absolute Gasteiger partial charge is 0.257 e. The second kappa shape index (κ2) is 10.2. The molecular weight excluding hydrogens is 380 g/mol. The van der Waals surface area contributed by atoms with Crippen LogP contribution in [0.4, 0.5) is 11.4 Å². The quantitative estimate of drug-likeness (QED) is 0.651. The molecular formula is C21H23ClN2O4. The van der Waals surface area contributed by atoms with E-state index in [-0.39, 0.29) is 24.3 Å². The summed E-state index contributed by atoms with van der Waals surface area (Å²) in [7, 11) is 0. The molecule has 1 unspecified atom stereocenters. The number of benzene rings is 2. The Morgan fingerprint density at radius 3 is 2.64 bits per heavy atom. The van der Waals surface area contributed by atoms with Gasteiger partial charge in [-0.2, -0.15) is 0 Å². The fourth-order valence-electron chi connectivity index (χ4n) is 2.89. The molecule has 1 aliphatic heterocycles. The molecule has 1 saturated heterocycles. The van der Waals surface area contributed by atoms with Crippen molar-refractivity contribution in [3.63, 3.8) is 0 Å². The lowest BCUT2D eigenvalue weighted by molar-refractivity contribution is -0.117. The molecule has 7 heteroatoms. The predicted octanol–water partition coefficient (Wildman–Crippen LogP) is 4.12. The zero-order valence-electron chi connectivity index (χ0n) is 15.4. The molecule has 1 atom stereocenters. The van der Waals surface area contributed by atoms with Crippen molar-refractivity contribution in [3.05, 3.63) is 59.1 Å². The SMILES string of the molecule is O=C(CCOCC1CCCO1)Nc1ccccc1C(=O)Nc1ccc(Cl)cc1. The number of carbonyl (C=O) groups is 2. The summed E-state index contributed by atoms with van der Waals surface area (Å²) in [6.07, 6.45) is 2.41. The van der Waals surface area contributed by atoms with Crippen LogP contribution in [0, 0.1) is 0 Å². The van der Waals surface area contributed by atoms with Crippen molar-refractivity contribution in [1.82, 2.24) is 0 Å². The Kier molecular flexibility index (Phi) is 7.42. The summed E-state index contributed by atoms with van der Waals surface area (Å²) in [6, 6.07) is 13.7. The molecule has 2 aromatic carbocycles. The minimum atomic E-state index is -0.312. The van der Waals surface area contributed by atoms with Crippen molar-refractivity contribution in [3.8, 4) is 0 Å². The molecule has 0 aromatic heterocycles. The maximum atomic E-state index is 12.6. The molecule has 2 N–H and O–H groups in total. The number of halogens is 1. The molecule has 0 radical (unpaired) electrons. The van der Waals surface area contributed by atoms with Crippen LogP contribution in [0.15, 0.2) is 48.5 Å². The molecule has 3 rings (SSSR count). The lowest BCUT2D eigenvalue weighted by atomic mass is 10.1. The summed E-state index contributed by atoms with van der Waals surface area (Å²) in [5.41, 5.74) is 1.46. The number of para-hydroxylation sites is 1. The van der Waals surface area contributed by atoms with E-state index in [9.17, 15) is 9.59 Å². The van der Waals surface area contributed by atoms with Gasteiger partial charge in [-0.1, -0.05) is 23.7 Å². The lowest BCUT2D eigenvalue weighted by Crippen LogP contribution is -2.20. The Labute approximate surface area is 169 Å². The van der Waals surface area contributed by atoms with Crippen molar-refractivity contribution in [2.45, 2.75) is 25.4 Å². The van der Waals surface area contributed by atoms with Crippen molar-refractivity contribution < 1.29 is 19.1 Å². The first-order valence-electron chi connectivity index (χ1n) is 9.27. The zero-order valence-corrected chi connectivity index (χ0v) is 16.2. The maximum Gasteiger partial charge on any atom is 0.257 e. The highest BCUT2D eigenvalue weighted by Gasteiger charge is 2.16. The van der Waals surface area contributed by atoms with E-state index in [0.29, 0.717) is 35.2 Å². The second-order valence-corrected chi connectivity index (χ2v) is 6.95. The van der Waals surface area contributed by atoms with E-state index in [4.69, 9.17) is 21.1 Å². The van der Waals surface area contributed by atoms with Gasteiger partial charge in [-0.15, -0.1) is 0 Å². The van der Waals surface area contributed by atoms with Gasteiger partial charge >= 0.3 is 0 Å². The molecule has 0 spiro atoms. The molecule has 0 bridgehead atoms. The number of anilines is 2. The Morgan fingerprint density at radius 2 is 1.89 bits per heavy atom. The van der Waals surface area contributed by atoms with Crippen molar-refractivity contribution in [2.75, 3.05) is 30.5 Å². The highest BCUT2D eigenvalue weighted by molar-refractivity contribution is 6.30. The molecule has 0 aliphatic carbocycles. The van der Waals surface area contributed by atoms with Crippen molar-refractivity contribution in [1.29, 1.82) is 0 Å². The zero-order chi connectivity index (χ0) is 19.8. The van der Waals surface area contributed by atoms with Crippen LogP contribution in [0.1, 0.15) is 29.6 Å². The van der Waals surface area contributed by atoms with E-state index >= 15 is 0 Å². The summed E-state index contributed by atoms with van der Waals surface area (Å²) in [6.45, 7) is 1.60. The first kappa shape index (κ1) is 20.3. The largest absolute Gasteiger partial charge is 0.378 e. The van der Waals surface area contributed by atoms with Crippen LogP contribution in [0.5, 0.6) is 0 Å². The van der Waals surface area contributed by atoms with E-state index in [0.717, 1.165) is 19.4 Å². The summed E-state index contributed by atoms with van der Waals surface area (Å²) in [4.78, 5) is 24.8. The summed E-state index contributed by atoms with van der Waals surface area (Å²) < 4.78 is 11.0. The van der Waals surface area contributed by atoms with Gasteiger partial charge in [-0.25, -0.2) is 0 Å². The van der Waals surface area contributed by atoms with Gasteiger partial charge in [0.25, 0.3) is 5.91 Å². The van der Waals surface area contributed by atoms with E-state index in [1.807, 2.05) is 0 Å². The monoisotopic (exact) mass is 402 g/mol. The fraction of sp³-hybridized carbons (Fsp3) is 0.333. The molecule has 6 nitrogen and oxygen atoms in total. The first-order chi connectivity index (χ1) is 13.6. The van der Waals surface area contributed by atoms with Gasteiger partial charge < -0.3 is 20.1 Å². The Morgan fingerprint density at radius 1 is 1.11 bits per heavy atom. The number of amides is 2. The third kappa shape index (κ3) is 6.05. The van der Waals surface area contributed by atoms with Crippen LogP contribution in [-0.4, -0.2) is 37.7 Å². The van der Waals surface area contributed by atoms with E-state index in [1.165, 1.54) is 0 Å². The average molecular weight is 403 g/mol. The second-order valence-electron chi connectivity index (χ2n) is 6.51. The summed E-state index contributed by atoms with van der Waals surface area (Å²) in [5.74, 6) is -0.521. The Balaban J connectivity index is 1.51. The highest BCUT2D eigenvalue weighted by atomic mass is 35.5. The standard InChI is InChI=1S/C21H23ClN2O4/c22-15-7-9-16(10-8-15)23-21(26)18-5-1-2-6-19(18)24-20(25)11-13-27-14-17-4-3-12-28-17/h1-2,5-10,17H,3-4,11-14H2,(H,23,26)(H,24,25). The van der Waals surface area contributed by atoms with Crippen molar-refractivity contribution >= 4 is 34.8 Å². The summed E-state index contributed by atoms with van der Waals surface area (Å²) >= 11 is 5.86. The van der Waals surface area contributed by atoms with Crippen LogP contribution >= 0.6 is 11.6 Å². The minimum absolute atomic E-state index is 0.139. The molecule has 1 fully saturated rings. The lowest BCUT2D eigenvalue weighted by Gasteiger charge is -2.12. The maximum absolute atomic E-state index is 12.6. The number of ether oxygens (including phenoxy) is 2. The number of nitrogens with one attached hydrogen (secondary N) is 2. The van der Waals surface area contributed by atoms with Gasteiger partial charge in [0.2, 0.25) is 5.91 Å². The third-order valence-corrected chi connectivity index (χ3v) is 4.60. The Hall–Kier alpha value is -2.41.